The van der Waals surface area contributed by atoms with Crippen LogP contribution in [0.3, 0.4) is 0 Å². The molecule has 0 aliphatic heterocycles. The molecule has 0 aliphatic carbocycles. The molecule has 11 heteroatoms. The predicted molar refractivity (Wildman–Crippen MR) is 87.4 cm³/mol. The summed E-state index contributed by atoms with van der Waals surface area (Å²) in [7, 11) is 0. The standard InChI is InChI=1S/C14H8ClFN8S/c15-9-1-5-11(6-2-9)23-13(17-19-21-23)25-14-18-20-22-24(14)12-7-3-10(16)4-8-12/h1-8H. The second kappa shape index (κ2) is 6.57. The Morgan fingerprint density at radius 3 is 1.76 bits per heavy atom. The average molecular weight is 375 g/mol. The Kier molecular flexibility index (Phi) is 4.12. The minimum Gasteiger partial charge on any atom is -0.207 e. The quantitative estimate of drug-likeness (QED) is 0.542. The van der Waals surface area contributed by atoms with Gasteiger partial charge in [-0.3, -0.25) is 0 Å². The molecule has 0 bridgehead atoms. The van der Waals surface area contributed by atoms with Crippen molar-refractivity contribution in [3.05, 3.63) is 59.4 Å². The number of benzene rings is 2. The maximum atomic E-state index is 13.1. The molecule has 2 heterocycles. The van der Waals surface area contributed by atoms with E-state index in [0.717, 1.165) is 5.69 Å². The molecular weight excluding hydrogens is 367 g/mol. The van der Waals surface area contributed by atoms with Crippen LogP contribution in [0.25, 0.3) is 11.4 Å². The highest BCUT2D eigenvalue weighted by Gasteiger charge is 2.16. The van der Waals surface area contributed by atoms with Crippen LogP contribution in [-0.4, -0.2) is 40.4 Å². The van der Waals surface area contributed by atoms with Gasteiger partial charge in [0.2, 0.25) is 10.3 Å². The van der Waals surface area contributed by atoms with Crippen LogP contribution in [0.5, 0.6) is 0 Å². The molecule has 8 nitrogen and oxygen atoms in total. The zero-order valence-corrected chi connectivity index (χ0v) is 13.9. The number of aromatic nitrogens is 8. The van der Waals surface area contributed by atoms with Crippen molar-refractivity contribution in [2.45, 2.75) is 10.3 Å². The van der Waals surface area contributed by atoms with Gasteiger partial charge in [-0.15, -0.1) is 10.2 Å². The molecule has 0 spiro atoms. The van der Waals surface area contributed by atoms with Gasteiger partial charge in [-0.25, -0.2) is 4.39 Å². The molecule has 0 atom stereocenters. The van der Waals surface area contributed by atoms with Crippen LogP contribution in [0.2, 0.25) is 5.02 Å². The van der Waals surface area contributed by atoms with Crippen molar-refractivity contribution >= 4 is 23.4 Å². The monoisotopic (exact) mass is 374 g/mol. The van der Waals surface area contributed by atoms with Gasteiger partial charge < -0.3 is 0 Å². The van der Waals surface area contributed by atoms with Crippen LogP contribution in [0.4, 0.5) is 4.39 Å². The van der Waals surface area contributed by atoms with Crippen molar-refractivity contribution in [2.24, 2.45) is 0 Å². The Hall–Kier alpha value is -2.85. The maximum Gasteiger partial charge on any atom is 0.221 e. The molecule has 4 aromatic rings. The molecule has 0 fully saturated rings. The minimum absolute atomic E-state index is 0.335. The first-order valence-corrected chi connectivity index (χ1v) is 8.17. The lowest BCUT2D eigenvalue weighted by Gasteiger charge is -2.05. The fourth-order valence-electron chi connectivity index (χ4n) is 2.06. The van der Waals surface area contributed by atoms with Crippen LogP contribution in [-0.2, 0) is 0 Å². The average Bonchev–Trinajstić information content (AvgIpc) is 3.26. The Balaban J connectivity index is 1.67. The van der Waals surface area contributed by atoms with Gasteiger partial charge in [-0.2, -0.15) is 9.36 Å². The SMILES string of the molecule is Fc1ccc(-n2nnnc2Sc2nnnn2-c2ccc(Cl)cc2)cc1. The molecular formula is C14H8ClFN8S. The van der Waals surface area contributed by atoms with Crippen LogP contribution < -0.4 is 0 Å². The lowest BCUT2D eigenvalue weighted by molar-refractivity contribution is 0.626. The molecule has 0 aliphatic rings. The number of hydrogen-bond acceptors (Lipinski definition) is 7. The first kappa shape index (κ1) is 15.7. The molecule has 0 radical (unpaired) electrons. The van der Waals surface area contributed by atoms with Crippen LogP contribution >= 0.6 is 23.4 Å². The van der Waals surface area contributed by atoms with Gasteiger partial charge in [0.25, 0.3) is 0 Å². The highest BCUT2D eigenvalue weighted by Crippen LogP contribution is 2.26. The van der Waals surface area contributed by atoms with Gasteiger partial charge in [0, 0.05) is 5.02 Å². The molecule has 2 aromatic carbocycles. The van der Waals surface area contributed by atoms with Crippen molar-refractivity contribution in [3.8, 4) is 11.4 Å². The molecule has 0 N–H and O–H groups in total. The molecule has 2 aromatic heterocycles. The van der Waals surface area contributed by atoms with E-state index >= 15 is 0 Å². The van der Waals surface area contributed by atoms with Gasteiger partial charge in [0.05, 0.1) is 11.4 Å². The summed E-state index contributed by atoms with van der Waals surface area (Å²) in [6.07, 6.45) is 0. The molecule has 4 rings (SSSR count). The Morgan fingerprint density at radius 2 is 1.24 bits per heavy atom. The molecule has 0 unspecified atom stereocenters. The Morgan fingerprint density at radius 1 is 0.760 bits per heavy atom. The van der Waals surface area contributed by atoms with Crippen LogP contribution in [0.15, 0.2) is 58.8 Å². The normalized spacial score (nSPS) is 11.0. The van der Waals surface area contributed by atoms with E-state index < -0.39 is 0 Å². The molecule has 25 heavy (non-hydrogen) atoms. The molecule has 0 amide bonds. The minimum atomic E-state index is -0.335. The second-order valence-electron chi connectivity index (χ2n) is 4.80. The van der Waals surface area contributed by atoms with Gasteiger partial charge in [0.1, 0.15) is 5.82 Å². The molecule has 0 saturated heterocycles. The van der Waals surface area contributed by atoms with Crippen LogP contribution in [0, 0.1) is 5.82 Å². The number of nitrogens with zero attached hydrogens (tertiary/aromatic N) is 8. The Labute approximate surface area is 149 Å². The van der Waals surface area contributed by atoms with Crippen LogP contribution in [0.1, 0.15) is 0 Å². The van der Waals surface area contributed by atoms with Crippen molar-refractivity contribution in [1.29, 1.82) is 0 Å². The summed E-state index contributed by atoms with van der Waals surface area (Å²) >= 11 is 7.08. The van der Waals surface area contributed by atoms with Gasteiger partial charge in [-0.05, 0) is 81.1 Å². The highest BCUT2D eigenvalue weighted by atomic mass is 35.5. The fraction of sp³-hybridized carbons (Fsp3) is 0. The van der Waals surface area contributed by atoms with Crippen molar-refractivity contribution in [1.82, 2.24) is 40.4 Å². The van der Waals surface area contributed by atoms with Gasteiger partial charge in [-0.1, -0.05) is 11.6 Å². The predicted octanol–water partition coefficient (Wildman–Crippen LogP) is 2.58. The highest BCUT2D eigenvalue weighted by molar-refractivity contribution is 7.99. The van der Waals surface area contributed by atoms with E-state index in [1.807, 2.05) is 0 Å². The van der Waals surface area contributed by atoms with E-state index in [4.69, 9.17) is 11.6 Å². The summed E-state index contributed by atoms with van der Waals surface area (Å²) in [6.45, 7) is 0. The van der Waals surface area contributed by atoms with E-state index in [0.29, 0.717) is 21.0 Å². The number of tetrazole rings is 2. The third-order valence-corrected chi connectivity index (χ3v) is 4.33. The maximum absolute atomic E-state index is 13.1. The summed E-state index contributed by atoms with van der Waals surface area (Å²) in [5, 5.41) is 24.8. The van der Waals surface area contributed by atoms with E-state index in [9.17, 15) is 4.39 Å². The van der Waals surface area contributed by atoms with E-state index in [1.165, 1.54) is 28.6 Å². The van der Waals surface area contributed by atoms with E-state index in [-0.39, 0.29) is 5.82 Å². The lowest BCUT2D eigenvalue weighted by Crippen LogP contribution is -2.02. The lowest BCUT2D eigenvalue weighted by atomic mass is 10.3. The zero-order valence-electron chi connectivity index (χ0n) is 12.4. The molecule has 0 saturated carbocycles. The van der Waals surface area contributed by atoms with Crippen molar-refractivity contribution < 1.29 is 4.39 Å². The van der Waals surface area contributed by atoms with Gasteiger partial charge in [0.15, 0.2) is 0 Å². The number of hydrogen-bond donors (Lipinski definition) is 0. The zero-order chi connectivity index (χ0) is 17.2. The van der Waals surface area contributed by atoms with E-state index in [2.05, 4.69) is 31.1 Å². The summed E-state index contributed by atoms with van der Waals surface area (Å²) < 4.78 is 16.1. The summed E-state index contributed by atoms with van der Waals surface area (Å²) in [4.78, 5) is 0. The smallest absolute Gasteiger partial charge is 0.207 e. The number of rotatable bonds is 4. The summed E-state index contributed by atoms with van der Waals surface area (Å²) in [5.74, 6) is -0.335. The first-order valence-electron chi connectivity index (χ1n) is 6.97. The number of halogens is 2. The van der Waals surface area contributed by atoms with Gasteiger partial charge >= 0.3 is 0 Å². The first-order chi connectivity index (χ1) is 12.2. The fourth-order valence-corrected chi connectivity index (χ4v) is 2.96. The topological polar surface area (TPSA) is 87.2 Å². The Bertz CT molecular complexity index is 917. The second-order valence-corrected chi connectivity index (χ2v) is 6.17. The van der Waals surface area contributed by atoms with E-state index in [1.54, 1.807) is 41.1 Å². The largest absolute Gasteiger partial charge is 0.221 e. The summed E-state index contributed by atoms with van der Waals surface area (Å²) in [5.41, 5.74) is 1.37. The summed E-state index contributed by atoms with van der Waals surface area (Å²) in [6, 6.07) is 12.9. The van der Waals surface area contributed by atoms with Crippen molar-refractivity contribution in [2.75, 3.05) is 0 Å². The van der Waals surface area contributed by atoms with Crippen molar-refractivity contribution in [3.63, 3.8) is 0 Å². The third kappa shape index (κ3) is 3.21. The molecule has 124 valence electrons. The third-order valence-electron chi connectivity index (χ3n) is 3.21.